The van der Waals surface area contributed by atoms with E-state index in [4.69, 9.17) is 0 Å². The Morgan fingerprint density at radius 3 is 2.88 bits per heavy atom. The van der Waals surface area contributed by atoms with E-state index in [0.29, 0.717) is 18.0 Å². The maximum absolute atomic E-state index is 13.0. The second-order valence-electron chi connectivity index (χ2n) is 5.66. The number of amides is 1. The van der Waals surface area contributed by atoms with Crippen LogP contribution < -0.4 is 5.32 Å². The van der Waals surface area contributed by atoms with Crippen molar-refractivity contribution in [2.75, 3.05) is 19.6 Å². The van der Waals surface area contributed by atoms with Gasteiger partial charge in [-0.25, -0.2) is 9.97 Å². The van der Waals surface area contributed by atoms with Gasteiger partial charge in [-0.1, -0.05) is 0 Å². The summed E-state index contributed by atoms with van der Waals surface area (Å²) in [6.45, 7) is 2.18. The quantitative estimate of drug-likeness (QED) is 0.691. The summed E-state index contributed by atoms with van der Waals surface area (Å²) in [7, 11) is 1.96. The van der Waals surface area contributed by atoms with Crippen molar-refractivity contribution in [3.8, 4) is 10.6 Å². The molecule has 0 bridgehead atoms. The highest BCUT2D eigenvalue weighted by Crippen LogP contribution is 2.29. The largest absolute Gasteiger partial charge is 0.336 e. The third kappa shape index (κ3) is 3.94. The first-order valence-electron chi connectivity index (χ1n) is 7.71. The first-order valence-corrected chi connectivity index (χ1v) is 9.47. The summed E-state index contributed by atoms with van der Waals surface area (Å²) < 4.78 is 1.97. The predicted octanol–water partition coefficient (Wildman–Crippen LogP) is 3.24. The molecule has 26 heavy (non-hydrogen) atoms. The lowest BCUT2D eigenvalue weighted by Crippen LogP contribution is -2.49. The van der Waals surface area contributed by atoms with Crippen molar-refractivity contribution in [1.29, 1.82) is 0 Å². The van der Waals surface area contributed by atoms with Crippen LogP contribution in [0.15, 0.2) is 35.4 Å². The van der Waals surface area contributed by atoms with Crippen LogP contribution in [0.5, 0.6) is 0 Å². The molecule has 10 heteroatoms. The number of nitrogens with zero attached hydrogens (tertiary/aromatic N) is 4. The van der Waals surface area contributed by atoms with Gasteiger partial charge in [-0.2, -0.15) is 11.3 Å². The van der Waals surface area contributed by atoms with Crippen LogP contribution >= 0.6 is 47.5 Å². The van der Waals surface area contributed by atoms with Crippen molar-refractivity contribution in [1.82, 2.24) is 24.8 Å². The molecule has 3 aromatic rings. The molecule has 0 saturated carbocycles. The summed E-state index contributed by atoms with van der Waals surface area (Å²) in [6.07, 6.45) is 5.37. The van der Waals surface area contributed by atoms with E-state index in [0.717, 1.165) is 22.9 Å². The molecule has 0 aromatic carbocycles. The lowest BCUT2D eigenvalue weighted by atomic mass is 10.1. The zero-order chi connectivity index (χ0) is 16.5. The van der Waals surface area contributed by atoms with Gasteiger partial charge in [0.05, 0.1) is 6.20 Å². The highest BCUT2D eigenvalue weighted by molar-refractivity contribution is 7.17. The van der Waals surface area contributed by atoms with Crippen LogP contribution in [0.3, 0.4) is 0 Å². The Bertz CT molecular complexity index is 849. The topological polar surface area (TPSA) is 63.1 Å². The highest BCUT2D eigenvalue weighted by Gasteiger charge is 2.32. The average Bonchev–Trinajstić information content (AvgIpc) is 3.35. The number of imidazole rings is 1. The minimum Gasteiger partial charge on any atom is -0.336 e. The van der Waals surface area contributed by atoms with Crippen molar-refractivity contribution in [3.05, 3.63) is 46.1 Å². The number of thiophene rings is 1. The molecule has 0 spiro atoms. The lowest BCUT2D eigenvalue weighted by molar-refractivity contribution is 0.0625. The average molecular weight is 432 g/mol. The fraction of sp³-hybridized carbons (Fsp3) is 0.312. The molecular weight excluding hydrogens is 413 g/mol. The van der Waals surface area contributed by atoms with Crippen LogP contribution in [0.1, 0.15) is 21.5 Å². The Balaban J connectivity index is 0.00000121. The number of piperazine rings is 1. The molecule has 0 aliphatic carbocycles. The number of thiazole rings is 1. The van der Waals surface area contributed by atoms with Gasteiger partial charge in [0.25, 0.3) is 5.91 Å². The van der Waals surface area contributed by atoms with Gasteiger partial charge in [0.2, 0.25) is 0 Å². The Morgan fingerprint density at radius 2 is 2.19 bits per heavy atom. The zero-order valence-electron chi connectivity index (χ0n) is 14.0. The van der Waals surface area contributed by atoms with E-state index in [1.165, 1.54) is 11.3 Å². The molecule has 4 heterocycles. The fourth-order valence-electron chi connectivity index (χ4n) is 2.91. The number of rotatable bonds is 3. The smallest absolute Gasteiger partial charge is 0.266 e. The van der Waals surface area contributed by atoms with E-state index in [9.17, 15) is 4.79 Å². The second-order valence-corrected chi connectivity index (χ2v) is 7.47. The van der Waals surface area contributed by atoms with Gasteiger partial charge in [-0.3, -0.25) is 4.79 Å². The van der Waals surface area contributed by atoms with Crippen LogP contribution in [-0.4, -0.2) is 45.0 Å². The summed E-state index contributed by atoms with van der Waals surface area (Å²) in [5, 5.41) is 8.32. The maximum atomic E-state index is 13.0. The van der Waals surface area contributed by atoms with Gasteiger partial charge in [-0.05, 0) is 11.4 Å². The summed E-state index contributed by atoms with van der Waals surface area (Å²) in [5.41, 5.74) is 1.07. The highest BCUT2D eigenvalue weighted by atomic mass is 35.5. The van der Waals surface area contributed by atoms with Crippen LogP contribution in [0.25, 0.3) is 10.6 Å². The van der Waals surface area contributed by atoms with Gasteiger partial charge in [-0.15, -0.1) is 36.2 Å². The predicted molar refractivity (Wildman–Crippen MR) is 110 cm³/mol. The van der Waals surface area contributed by atoms with E-state index in [2.05, 4.69) is 20.7 Å². The molecule has 4 rings (SSSR count). The van der Waals surface area contributed by atoms with Crippen molar-refractivity contribution < 1.29 is 4.79 Å². The van der Waals surface area contributed by atoms with Gasteiger partial charge in [0.1, 0.15) is 21.8 Å². The van der Waals surface area contributed by atoms with E-state index >= 15 is 0 Å². The second kappa shape index (κ2) is 8.96. The molecule has 1 unspecified atom stereocenters. The van der Waals surface area contributed by atoms with E-state index in [-0.39, 0.29) is 36.8 Å². The minimum absolute atomic E-state index is 0. The number of hydrogen-bond acceptors (Lipinski definition) is 6. The maximum Gasteiger partial charge on any atom is 0.266 e. The standard InChI is InChI=1S/C16H17N5OS2.2ClH/c1-20-5-4-18-14(20)12-8-17-3-6-21(12)16(22)13-9-19-15(24-13)11-2-7-23-10-11;;/h2,4-5,7,9-10,12,17H,3,6,8H2,1H3;2*1H. The third-order valence-electron chi connectivity index (χ3n) is 4.15. The first kappa shape index (κ1) is 20.9. The van der Waals surface area contributed by atoms with Gasteiger partial charge in [0, 0.05) is 50.0 Å². The summed E-state index contributed by atoms with van der Waals surface area (Å²) in [5.74, 6) is 0.932. The van der Waals surface area contributed by atoms with Crippen molar-refractivity contribution >= 4 is 53.4 Å². The number of hydrogen-bond donors (Lipinski definition) is 1. The number of halogens is 2. The summed E-state index contributed by atoms with van der Waals surface area (Å²) in [6, 6.07) is 1.97. The van der Waals surface area contributed by atoms with Gasteiger partial charge >= 0.3 is 0 Å². The summed E-state index contributed by atoms with van der Waals surface area (Å²) >= 11 is 3.09. The number of nitrogens with one attached hydrogen (secondary N) is 1. The Hall–Kier alpha value is -1.45. The SMILES string of the molecule is Cl.Cl.Cn1ccnc1C1CNCCN1C(=O)c1cnc(-c2ccsc2)s1. The van der Waals surface area contributed by atoms with E-state index in [1.54, 1.807) is 23.7 Å². The molecule has 1 aliphatic rings. The molecule has 1 N–H and O–H groups in total. The van der Waals surface area contributed by atoms with Crippen molar-refractivity contribution in [2.45, 2.75) is 6.04 Å². The fourth-order valence-corrected chi connectivity index (χ4v) is 4.49. The van der Waals surface area contributed by atoms with Crippen molar-refractivity contribution in [2.24, 2.45) is 7.05 Å². The van der Waals surface area contributed by atoms with Gasteiger partial charge < -0.3 is 14.8 Å². The number of aromatic nitrogens is 3. The summed E-state index contributed by atoms with van der Waals surface area (Å²) in [4.78, 5) is 24.5. The monoisotopic (exact) mass is 431 g/mol. The Morgan fingerprint density at radius 1 is 1.35 bits per heavy atom. The minimum atomic E-state index is -0.0575. The number of carbonyl (C=O) groups excluding carboxylic acids is 1. The molecule has 1 fully saturated rings. The zero-order valence-corrected chi connectivity index (χ0v) is 17.3. The lowest BCUT2D eigenvalue weighted by Gasteiger charge is -2.35. The van der Waals surface area contributed by atoms with Crippen LogP contribution in [-0.2, 0) is 7.05 Å². The van der Waals surface area contributed by atoms with Crippen LogP contribution in [0.2, 0.25) is 0 Å². The van der Waals surface area contributed by atoms with Crippen LogP contribution in [0, 0.1) is 0 Å². The molecule has 1 aliphatic heterocycles. The van der Waals surface area contributed by atoms with E-state index in [1.807, 2.05) is 34.2 Å². The normalized spacial score (nSPS) is 16.7. The van der Waals surface area contributed by atoms with Crippen molar-refractivity contribution in [3.63, 3.8) is 0 Å². The van der Waals surface area contributed by atoms with E-state index < -0.39 is 0 Å². The third-order valence-corrected chi connectivity index (χ3v) is 5.86. The molecule has 1 amide bonds. The number of aryl methyl sites for hydroxylation is 1. The Labute approximate surface area is 172 Å². The van der Waals surface area contributed by atoms with Gasteiger partial charge in [0.15, 0.2) is 0 Å². The molecular formula is C16H19Cl2N5OS2. The first-order chi connectivity index (χ1) is 11.7. The number of carbonyl (C=O) groups is 1. The molecule has 140 valence electrons. The Kier molecular flexibility index (Phi) is 7.19. The molecule has 1 saturated heterocycles. The molecule has 6 nitrogen and oxygen atoms in total. The van der Waals surface area contributed by atoms with Crippen LogP contribution in [0.4, 0.5) is 0 Å². The molecule has 3 aromatic heterocycles. The molecule has 1 atom stereocenters. The molecule has 0 radical (unpaired) electrons.